The molecule has 1 aromatic carbocycles. The maximum Gasteiger partial charge on any atom is 0.132 e. The highest BCUT2D eigenvalue weighted by Crippen LogP contribution is 2.15. The number of benzene rings is 1. The molecule has 1 aromatic heterocycles. The molecule has 1 atom stereocenters. The first-order valence-electron chi connectivity index (χ1n) is 5.81. The molecule has 2 aromatic rings. The summed E-state index contributed by atoms with van der Waals surface area (Å²) in [6, 6.07) is 6.39. The standard InChI is InChI=1S/C14H15FN2O/c1-9-13(10(2)18)8-16-14(17-9)7-11-4-3-5-12(15)6-11/h3-6,8,10,18H,7H2,1-2H3/t10-/m1/s1. The average molecular weight is 246 g/mol. The summed E-state index contributed by atoms with van der Waals surface area (Å²) in [5.41, 5.74) is 2.31. The van der Waals surface area contributed by atoms with Crippen molar-refractivity contribution in [3.63, 3.8) is 0 Å². The van der Waals surface area contributed by atoms with Crippen LogP contribution in [0.5, 0.6) is 0 Å². The summed E-state index contributed by atoms with van der Waals surface area (Å²) in [4.78, 5) is 8.52. The predicted molar refractivity (Wildman–Crippen MR) is 66.6 cm³/mol. The Morgan fingerprint density at radius 3 is 2.78 bits per heavy atom. The lowest BCUT2D eigenvalue weighted by molar-refractivity contribution is 0.197. The van der Waals surface area contributed by atoms with Crippen LogP contribution in [0.1, 0.15) is 35.7 Å². The molecule has 1 heterocycles. The Hall–Kier alpha value is -1.81. The second kappa shape index (κ2) is 5.23. The fourth-order valence-corrected chi connectivity index (χ4v) is 1.85. The van der Waals surface area contributed by atoms with Crippen LogP contribution in [-0.4, -0.2) is 15.1 Å². The number of aliphatic hydroxyl groups is 1. The molecule has 18 heavy (non-hydrogen) atoms. The largest absolute Gasteiger partial charge is 0.389 e. The Labute approximate surface area is 105 Å². The number of aryl methyl sites for hydroxylation is 1. The zero-order valence-electron chi connectivity index (χ0n) is 10.4. The van der Waals surface area contributed by atoms with Crippen molar-refractivity contribution in [1.82, 2.24) is 9.97 Å². The van der Waals surface area contributed by atoms with E-state index in [1.54, 1.807) is 19.2 Å². The number of aliphatic hydroxyl groups excluding tert-OH is 1. The minimum absolute atomic E-state index is 0.259. The summed E-state index contributed by atoms with van der Waals surface area (Å²) < 4.78 is 13.0. The number of hydrogen-bond acceptors (Lipinski definition) is 3. The van der Waals surface area contributed by atoms with Gasteiger partial charge in [-0.15, -0.1) is 0 Å². The highest BCUT2D eigenvalue weighted by Gasteiger charge is 2.08. The first-order valence-corrected chi connectivity index (χ1v) is 5.81. The molecule has 0 spiro atoms. The second-order valence-electron chi connectivity index (χ2n) is 4.31. The van der Waals surface area contributed by atoms with Crippen LogP contribution >= 0.6 is 0 Å². The second-order valence-corrected chi connectivity index (χ2v) is 4.31. The topological polar surface area (TPSA) is 46.0 Å². The Bertz CT molecular complexity index is 555. The van der Waals surface area contributed by atoms with Crippen LogP contribution in [0.15, 0.2) is 30.5 Å². The van der Waals surface area contributed by atoms with Crippen molar-refractivity contribution < 1.29 is 9.50 Å². The van der Waals surface area contributed by atoms with Gasteiger partial charge in [0.1, 0.15) is 11.6 Å². The summed E-state index contributed by atoms with van der Waals surface area (Å²) in [6.45, 7) is 3.51. The first kappa shape index (κ1) is 12.6. The smallest absolute Gasteiger partial charge is 0.132 e. The molecule has 0 amide bonds. The Morgan fingerprint density at radius 2 is 2.17 bits per heavy atom. The lowest BCUT2D eigenvalue weighted by Gasteiger charge is -2.09. The molecule has 0 saturated carbocycles. The van der Waals surface area contributed by atoms with E-state index in [4.69, 9.17) is 0 Å². The van der Waals surface area contributed by atoms with E-state index < -0.39 is 6.10 Å². The predicted octanol–water partition coefficient (Wildman–Crippen LogP) is 2.57. The number of aromatic nitrogens is 2. The highest BCUT2D eigenvalue weighted by molar-refractivity contribution is 5.23. The van der Waals surface area contributed by atoms with Crippen molar-refractivity contribution in [2.75, 3.05) is 0 Å². The van der Waals surface area contributed by atoms with Crippen LogP contribution < -0.4 is 0 Å². The lowest BCUT2D eigenvalue weighted by atomic mass is 10.1. The van der Waals surface area contributed by atoms with Gasteiger partial charge in [-0.05, 0) is 31.5 Å². The van der Waals surface area contributed by atoms with E-state index >= 15 is 0 Å². The average Bonchev–Trinajstić information content (AvgIpc) is 2.28. The van der Waals surface area contributed by atoms with Crippen molar-refractivity contribution in [2.24, 2.45) is 0 Å². The van der Waals surface area contributed by atoms with E-state index in [0.717, 1.165) is 16.8 Å². The molecular weight excluding hydrogens is 231 g/mol. The van der Waals surface area contributed by atoms with Crippen LogP contribution in [0.2, 0.25) is 0 Å². The molecule has 0 unspecified atom stereocenters. The number of halogens is 1. The normalized spacial score (nSPS) is 12.4. The van der Waals surface area contributed by atoms with Gasteiger partial charge in [0.15, 0.2) is 0 Å². The van der Waals surface area contributed by atoms with Crippen molar-refractivity contribution in [2.45, 2.75) is 26.4 Å². The molecule has 0 bridgehead atoms. The molecule has 94 valence electrons. The first-order chi connectivity index (χ1) is 8.56. The maximum atomic E-state index is 13.0. The van der Waals surface area contributed by atoms with E-state index in [9.17, 15) is 9.50 Å². The van der Waals surface area contributed by atoms with Crippen molar-refractivity contribution in [1.29, 1.82) is 0 Å². The summed E-state index contributed by atoms with van der Waals surface area (Å²) in [5.74, 6) is 0.368. The van der Waals surface area contributed by atoms with Crippen LogP contribution in [-0.2, 0) is 6.42 Å². The monoisotopic (exact) mass is 246 g/mol. The van der Waals surface area contributed by atoms with Gasteiger partial charge in [-0.1, -0.05) is 12.1 Å². The van der Waals surface area contributed by atoms with Crippen LogP contribution in [0.4, 0.5) is 4.39 Å². The van der Waals surface area contributed by atoms with Gasteiger partial charge in [-0.25, -0.2) is 14.4 Å². The fourth-order valence-electron chi connectivity index (χ4n) is 1.85. The summed E-state index contributed by atoms with van der Waals surface area (Å²) in [7, 11) is 0. The third kappa shape index (κ3) is 2.90. The van der Waals surface area contributed by atoms with Gasteiger partial charge in [0.25, 0.3) is 0 Å². The van der Waals surface area contributed by atoms with Gasteiger partial charge in [-0.3, -0.25) is 0 Å². The van der Waals surface area contributed by atoms with Gasteiger partial charge < -0.3 is 5.11 Å². The molecule has 1 N–H and O–H groups in total. The molecular formula is C14H15FN2O. The molecule has 3 nitrogen and oxygen atoms in total. The van der Waals surface area contributed by atoms with Gasteiger partial charge >= 0.3 is 0 Å². The zero-order chi connectivity index (χ0) is 13.1. The molecule has 0 radical (unpaired) electrons. The third-order valence-corrected chi connectivity index (χ3v) is 2.77. The van der Waals surface area contributed by atoms with Crippen molar-refractivity contribution in [3.8, 4) is 0 Å². The van der Waals surface area contributed by atoms with E-state index in [0.29, 0.717) is 12.2 Å². The Morgan fingerprint density at radius 1 is 1.39 bits per heavy atom. The molecule has 0 aliphatic rings. The van der Waals surface area contributed by atoms with Crippen molar-refractivity contribution in [3.05, 3.63) is 58.9 Å². The SMILES string of the molecule is Cc1nc(Cc2cccc(F)c2)ncc1[C@@H](C)O. The van der Waals surface area contributed by atoms with Crippen LogP contribution in [0.3, 0.4) is 0 Å². The minimum Gasteiger partial charge on any atom is -0.389 e. The minimum atomic E-state index is -0.576. The van der Waals surface area contributed by atoms with E-state index in [1.165, 1.54) is 12.1 Å². The number of rotatable bonds is 3. The maximum absolute atomic E-state index is 13.0. The summed E-state index contributed by atoms with van der Waals surface area (Å²) in [6.07, 6.45) is 1.54. The molecule has 2 rings (SSSR count). The Kier molecular flexibility index (Phi) is 3.67. The van der Waals surface area contributed by atoms with Gasteiger partial charge in [0.05, 0.1) is 6.10 Å². The van der Waals surface area contributed by atoms with E-state index in [-0.39, 0.29) is 5.82 Å². The van der Waals surface area contributed by atoms with E-state index in [1.807, 2.05) is 13.0 Å². The fraction of sp³-hybridized carbons (Fsp3) is 0.286. The highest BCUT2D eigenvalue weighted by atomic mass is 19.1. The molecule has 0 fully saturated rings. The Balaban J connectivity index is 2.23. The summed E-state index contributed by atoms with van der Waals surface area (Å²) >= 11 is 0. The molecule has 0 aliphatic carbocycles. The van der Waals surface area contributed by atoms with Crippen molar-refractivity contribution >= 4 is 0 Å². The zero-order valence-corrected chi connectivity index (χ0v) is 10.4. The number of nitrogens with zero attached hydrogens (tertiary/aromatic N) is 2. The van der Waals surface area contributed by atoms with Gasteiger partial charge in [0.2, 0.25) is 0 Å². The van der Waals surface area contributed by atoms with E-state index in [2.05, 4.69) is 9.97 Å². The molecule has 0 aliphatic heterocycles. The van der Waals surface area contributed by atoms with Gasteiger partial charge in [0, 0.05) is 23.9 Å². The quantitative estimate of drug-likeness (QED) is 0.905. The molecule has 4 heteroatoms. The van der Waals surface area contributed by atoms with Crippen LogP contribution in [0.25, 0.3) is 0 Å². The summed E-state index contributed by atoms with van der Waals surface area (Å²) in [5, 5.41) is 9.49. The molecule has 0 saturated heterocycles. The van der Waals surface area contributed by atoms with Gasteiger partial charge in [-0.2, -0.15) is 0 Å². The lowest BCUT2D eigenvalue weighted by Crippen LogP contribution is -2.04. The number of hydrogen-bond donors (Lipinski definition) is 1. The van der Waals surface area contributed by atoms with Crippen LogP contribution in [0, 0.1) is 12.7 Å². The third-order valence-electron chi connectivity index (χ3n) is 2.77.